The van der Waals surface area contributed by atoms with Gasteiger partial charge in [-0.1, -0.05) is 43.3 Å². The molecule has 0 bridgehead atoms. The summed E-state index contributed by atoms with van der Waals surface area (Å²) in [6.45, 7) is 5.82. The van der Waals surface area contributed by atoms with Crippen LogP contribution in [0.5, 0.6) is 0 Å². The molecule has 0 unspecified atom stereocenters. The molecule has 0 N–H and O–H groups in total. The molecule has 0 spiro atoms. The Morgan fingerprint density at radius 1 is 1.21 bits per heavy atom. The van der Waals surface area contributed by atoms with E-state index < -0.39 is 0 Å². The van der Waals surface area contributed by atoms with Gasteiger partial charge in [-0.2, -0.15) is 0 Å². The molecular weight excluding hydrogens is 176 g/mol. The fraction of sp³-hybridized carbons (Fsp3) is 0.333. The van der Waals surface area contributed by atoms with Crippen LogP contribution in [0.1, 0.15) is 18.6 Å². The summed E-state index contributed by atoms with van der Waals surface area (Å²) >= 11 is 0. The van der Waals surface area contributed by atoms with Crippen LogP contribution in [0.15, 0.2) is 43.0 Å². The van der Waals surface area contributed by atoms with Crippen molar-refractivity contribution in [2.75, 3.05) is 0 Å². The van der Waals surface area contributed by atoms with Crippen LogP contribution in [0.2, 0.25) is 0 Å². The van der Waals surface area contributed by atoms with E-state index in [9.17, 15) is 0 Å². The van der Waals surface area contributed by atoms with Crippen molar-refractivity contribution in [1.29, 1.82) is 0 Å². The molecule has 0 saturated carbocycles. The molecule has 2 heteroatoms. The van der Waals surface area contributed by atoms with Gasteiger partial charge in [-0.25, -0.2) is 9.78 Å². The molecule has 0 radical (unpaired) electrons. The first-order valence-corrected chi connectivity index (χ1v) is 4.82. The minimum Gasteiger partial charge on any atom is -0.228 e. The largest absolute Gasteiger partial charge is 0.228 e. The number of benzene rings is 1. The summed E-state index contributed by atoms with van der Waals surface area (Å²) in [4.78, 5) is 10.4. The van der Waals surface area contributed by atoms with Crippen molar-refractivity contribution in [2.24, 2.45) is 5.92 Å². The summed E-state index contributed by atoms with van der Waals surface area (Å²) in [5.41, 5.74) is 1.16. The second-order valence-electron chi connectivity index (χ2n) is 3.58. The Morgan fingerprint density at radius 3 is 2.50 bits per heavy atom. The highest BCUT2D eigenvalue weighted by molar-refractivity contribution is 5.19. The maximum absolute atomic E-state index is 5.28. The molecule has 1 fully saturated rings. The summed E-state index contributed by atoms with van der Waals surface area (Å²) in [5, 5.41) is 0. The molecule has 74 valence electrons. The minimum absolute atomic E-state index is 0.000191. The van der Waals surface area contributed by atoms with Crippen LogP contribution in [-0.2, 0) is 9.78 Å². The van der Waals surface area contributed by atoms with Gasteiger partial charge in [0, 0.05) is 5.92 Å². The molecule has 2 nitrogen and oxygen atoms in total. The van der Waals surface area contributed by atoms with E-state index in [0.29, 0.717) is 5.92 Å². The maximum Gasteiger partial charge on any atom is 0.123 e. The summed E-state index contributed by atoms with van der Waals surface area (Å²) in [5.74, 6) is 0.315. The van der Waals surface area contributed by atoms with Gasteiger partial charge in [0.05, 0.1) is 0 Å². The molecule has 2 rings (SSSR count). The Hall–Kier alpha value is -1.12. The van der Waals surface area contributed by atoms with Crippen molar-refractivity contribution < 1.29 is 9.78 Å². The normalized spacial score (nSPS) is 31.6. The molecule has 1 aromatic carbocycles. The van der Waals surface area contributed by atoms with Crippen LogP contribution in [0.4, 0.5) is 0 Å². The summed E-state index contributed by atoms with van der Waals surface area (Å²) in [7, 11) is 0. The Bertz CT molecular complexity index is 307. The highest BCUT2D eigenvalue weighted by Crippen LogP contribution is 2.36. The van der Waals surface area contributed by atoms with Crippen molar-refractivity contribution in [3.8, 4) is 0 Å². The highest BCUT2D eigenvalue weighted by atomic mass is 17.2. The molecule has 1 aromatic rings. The molecule has 1 aliphatic rings. The average molecular weight is 190 g/mol. The molecule has 3 atom stereocenters. The molecule has 1 aliphatic heterocycles. The second kappa shape index (κ2) is 3.95. The first kappa shape index (κ1) is 9.44. The first-order chi connectivity index (χ1) is 6.83. The van der Waals surface area contributed by atoms with E-state index in [4.69, 9.17) is 9.78 Å². The Balaban J connectivity index is 2.18. The fourth-order valence-corrected chi connectivity index (χ4v) is 1.73. The van der Waals surface area contributed by atoms with Crippen molar-refractivity contribution in [3.05, 3.63) is 48.6 Å². The number of hydrogen-bond acceptors (Lipinski definition) is 2. The fourth-order valence-electron chi connectivity index (χ4n) is 1.73. The Labute approximate surface area is 84.1 Å². The number of hydrogen-bond donors (Lipinski definition) is 0. The van der Waals surface area contributed by atoms with Crippen molar-refractivity contribution >= 4 is 0 Å². The lowest BCUT2D eigenvalue weighted by Gasteiger charge is -2.12. The van der Waals surface area contributed by atoms with Crippen molar-refractivity contribution in [1.82, 2.24) is 0 Å². The topological polar surface area (TPSA) is 18.5 Å². The maximum atomic E-state index is 5.28. The van der Waals surface area contributed by atoms with Crippen LogP contribution in [0, 0.1) is 5.92 Å². The third kappa shape index (κ3) is 1.59. The first-order valence-electron chi connectivity index (χ1n) is 4.82. The van der Waals surface area contributed by atoms with Crippen LogP contribution in [-0.4, -0.2) is 6.10 Å². The molecule has 1 heterocycles. The van der Waals surface area contributed by atoms with Gasteiger partial charge >= 0.3 is 0 Å². The SMILES string of the molecule is C=C[C@H]1OO[C@@H](c2ccccc2)[C@@H]1C. The van der Waals surface area contributed by atoms with Crippen molar-refractivity contribution in [2.45, 2.75) is 19.1 Å². The number of rotatable bonds is 2. The molecule has 1 saturated heterocycles. The highest BCUT2D eigenvalue weighted by Gasteiger charge is 2.34. The van der Waals surface area contributed by atoms with Crippen LogP contribution in [0.3, 0.4) is 0 Å². The van der Waals surface area contributed by atoms with Gasteiger partial charge in [0.25, 0.3) is 0 Å². The average Bonchev–Trinajstić information content (AvgIpc) is 2.61. The smallest absolute Gasteiger partial charge is 0.123 e. The Kier molecular flexibility index (Phi) is 2.66. The minimum atomic E-state index is 0.000191. The van der Waals surface area contributed by atoms with Gasteiger partial charge in [-0.15, -0.1) is 6.58 Å². The van der Waals surface area contributed by atoms with E-state index in [2.05, 4.69) is 25.6 Å². The van der Waals surface area contributed by atoms with Gasteiger partial charge < -0.3 is 0 Å². The standard InChI is InChI=1S/C12H14O2/c1-3-11-9(2)12(14-13-11)10-7-5-4-6-8-10/h3-9,11-12H,1H2,2H3/t9-,11-,12-/m1/s1. The van der Waals surface area contributed by atoms with E-state index in [-0.39, 0.29) is 12.2 Å². The third-order valence-electron chi connectivity index (χ3n) is 2.63. The predicted octanol–water partition coefficient (Wildman–Crippen LogP) is 2.88. The van der Waals surface area contributed by atoms with Gasteiger partial charge in [0.1, 0.15) is 12.2 Å². The molecular formula is C12H14O2. The lowest BCUT2D eigenvalue weighted by Crippen LogP contribution is -2.13. The zero-order valence-electron chi connectivity index (χ0n) is 8.22. The van der Waals surface area contributed by atoms with Gasteiger partial charge in [-0.05, 0) is 5.56 Å². The lowest BCUT2D eigenvalue weighted by atomic mass is 9.93. The molecule has 0 amide bonds. The quantitative estimate of drug-likeness (QED) is 0.527. The van der Waals surface area contributed by atoms with Gasteiger partial charge in [0.2, 0.25) is 0 Å². The zero-order valence-corrected chi connectivity index (χ0v) is 8.22. The monoisotopic (exact) mass is 190 g/mol. The van der Waals surface area contributed by atoms with E-state index in [1.54, 1.807) is 6.08 Å². The van der Waals surface area contributed by atoms with Crippen molar-refractivity contribution in [3.63, 3.8) is 0 Å². The summed E-state index contributed by atoms with van der Waals surface area (Å²) in [6.07, 6.45) is 1.81. The van der Waals surface area contributed by atoms with E-state index in [1.165, 1.54) is 0 Å². The molecule has 0 aromatic heterocycles. The van der Waals surface area contributed by atoms with E-state index >= 15 is 0 Å². The molecule has 0 aliphatic carbocycles. The zero-order chi connectivity index (χ0) is 9.97. The van der Waals surface area contributed by atoms with Crippen LogP contribution < -0.4 is 0 Å². The second-order valence-corrected chi connectivity index (χ2v) is 3.58. The van der Waals surface area contributed by atoms with Crippen LogP contribution >= 0.6 is 0 Å². The summed E-state index contributed by atoms with van der Waals surface area (Å²) in [6, 6.07) is 10.1. The van der Waals surface area contributed by atoms with Gasteiger partial charge in [-0.3, -0.25) is 0 Å². The third-order valence-corrected chi connectivity index (χ3v) is 2.63. The predicted molar refractivity (Wildman–Crippen MR) is 54.5 cm³/mol. The van der Waals surface area contributed by atoms with Gasteiger partial charge in [0.15, 0.2) is 0 Å². The van der Waals surface area contributed by atoms with E-state index in [1.807, 2.05) is 18.2 Å². The lowest BCUT2D eigenvalue weighted by molar-refractivity contribution is -0.290. The van der Waals surface area contributed by atoms with Crippen LogP contribution in [0.25, 0.3) is 0 Å². The Morgan fingerprint density at radius 2 is 1.93 bits per heavy atom. The van der Waals surface area contributed by atoms with E-state index in [0.717, 1.165) is 5.56 Å². The summed E-state index contributed by atoms with van der Waals surface area (Å²) < 4.78 is 0. The molecule has 14 heavy (non-hydrogen) atoms.